The summed E-state index contributed by atoms with van der Waals surface area (Å²) in [5.41, 5.74) is 2.31. The van der Waals surface area contributed by atoms with Gasteiger partial charge >= 0.3 is 0 Å². The van der Waals surface area contributed by atoms with Crippen molar-refractivity contribution in [3.8, 4) is 0 Å². The van der Waals surface area contributed by atoms with Gasteiger partial charge in [0, 0.05) is 19.2 Å². The van der Waals surface area contributed by atoms with Crippen molar-refractivity contribution in [3.63, 3.8) is 0 Å². The predicted octanol–water partition coefficient (Wildman–Crippen LogP) is 5.09. The first-order valence-electron chi connectivity index (χ1n) is 5.72. The molecule has 0 fully saturated rings. The lowest BCUT2D eigenvalue weighted by molar-refractivity contribution is 0.703. The van der Waals surface area contributed by atoms with Crippen LogP contribution < -0.4 is 5.32 Å². The molecule has 1 aromatic heterocycles. The van der Waals surface area contributed by atoms with Crippen molar-refractivity contribution in [1.29, 1.82) is 0 Å². The maximum absolute atomic E-state index is 6.21. The minimum absolute atomic E-state index is 0.193. The minimum Gasteiger partial charge on any atom is -0.309 e. The Kier molecular flexibility index (Phi) is 4.49. The van der Waals surface area contributed by atoms with Crippen LogP contribution in [-0.2, 0) is 0 Å². The molecule has 1 N–H and O–H groups in total. The Morgan fingerprint density at radius 1 is 1.28 bits per heavy atom. The topological polar surface area (TPSA) is 12.0 Å². The SMILES string of the molecule is CNC(c1ccc(C)c(Cl)c1)c1cc(Br)c(C)s1. The van der Waals surface area contributed by atoms with Crippen LogP contribution in [0.15, 0.2) is 28.7 Å². The lowest BCUT2D eigenvalue weighted by Crippen LogP contribution is -2.16. The van der Waals surface area contributed by atoms with E-state index in [2.05, 4.69) is 46.4 Å². The summed E-state index contributed by atoms with van der Waals surface area (Å²) in [5.74, 6) is 0. The second-order valence-electron chi connectivity index (χ2n) is 4.28. The summed E-state index contributed by atoms with van der Waals surface area (Å²) in [4.78, 5) is 2.59. The van der Waals surface area contributed by atoms with Gasteiger partial charge in [0.15, 0.2) is 0 Å². The maximum atomic E-state index is 6.21. The zero-order valence-electron chi connectivity index (χ0n) is 10.6. The van der Waals surface area contributed by atoms with Crippen LogP contribution in [-0.4, -0.2) is 7.05 Å². The molecule has 96 valence electrons. The average molecular weight is 345 g/mol. The molecule has 0 aliphatic carbocycles. The summed E-state index contributed by atoms with van der Waals surface area (Å²) < 4.78 is 1.17. The highest BCUT2D eigenvalue weighted by Crippen LogP contribution is 2.34. The quantitative estimate of drug-likeness (QED) is 0.818. The predicted molar refractivity (Wildman–Crippen MR) is 83.8 cm³/mol. The Hall–Kier alpha value is -0.350. The molecule has 0 radical (unpaired) electrons. The zero-order valence-corrected chi connectivity index (χ0v) is 13.7. The van der Waals surface area contributed by atoms with E-state index in [0.29, 0.717) is 0 Å². The molecule has 0 bridgehead atoms. The molecule has 2 aromatic rings. The molecule has 0 aliphatic rings. The number of aryl methyl sites for hydroxylation is 2. The van der Waals surface area contributed by atoms with Gasteiger partial charge in [-0.25, -0.2) is 0 Å². The molecular formula is C14H15BrClNS. The van der Waals surface area contributed by atoms with Crippen molar-refractivity contribution >= 4 is 38.9 Å². The van der Waals surface area contributed by atoms with Gasteiger partial charge in [0.2, 0.25) is 0 Å². The molecule has 1 heterocycles. The van der Waals surface area contributed by atoms with Gasteiger partial charge in [0.25, 0.3) is 0 Å². The fraction of sp³-hybridized carbons (Fsp3) is 0.286. The van der Waals surface area contributed by atoms with Gasteiger partial charge in [-0.3, -0.25) is 0 Å². The molecule has 0 amide bonds. The van der Waals surface area contributed by atoms with E-state index in [-0.39, 0.29) is 6.04 Å². The van der Waals surface area contributed by atoms with Gasteiger partial charge in [-0.2, -0.15) is 0 Å². The van der Waals surface area contributed by atoms with Crippen LogP contribution in [0, 0.1) is 13.8 Å². The lowest BCUT2D eigenvalue weighted by atomic mass is 10.0. The molecule has 2 rings (SSSR count). The lowest BCUT2D eigenvalue weighted by Gasteiger charge is -2.16. The van der Waals surface area contributed by atoms with Crippen molar-refractivity contribution in [2.75, 3.05) is 7.05 Å². The first kappa shape index (κ1) is 14.1. The van der Waals surface area contributed by atoms with Crippen molar-refractivity contribution in [1.82, 2.24) is 5.32 Å². The van der Waals surface area contributed by atoms with E-state index in [1.54, 1.807) is 11.3 Å². The molecule has 4 heteroatoms. The van der Waals surface area contributed by atoms with E-state index in [1.807, 2.05) is 20.0 Å². The van der Waals surface area contributed by atoms with E-state index in [9.17, 15) is 0 Å². The van der Waals surface area contributed by atoms with Crippen LogP contribution in [0.3, 0.4) is 0 Å². The van der Waals surface area contributed by atoms with E-state index in [0.717, 1.165) is 10.6 Å². The molecule has 18 heavy (non-hydrogen) atoms. The highest BCUT2D eigenvalue weighted by molar-refractivity contribution is 9.10. The van der Waals surface area contributed by atoms with Crippen molar-refractivity contribution in [2.24, 2.45) is 0 Å². The highest BCUT2D eigenvalue weighted by Gasteiger charge is 2.16. The van der Waals surface area contributed by atoms with E-state index < -0.39 is 0 Å². The van der Waals surface area contributed by atoms with Gasteiger partial charge in [0.1, 0.15) is 0 Å². The Labute approximate surface area is 125 Å². The van der Waals surface area contributed by atoms with E-state index >= 15 is 0 Å². The van der Waals surface area contributed by atoms with E-state index in [1.165, 1.54) is 19.8 Å². The van der Waals surface area contributed by atoms with Crippen molar-refractivity contribution in [2.45, 2.75) is 19.9 Å². The molecule has 1 unspecified atom stereocenters. The maximum Gasteiger partial charge on any atom is 0.0669 e. The van der Waals surface area contributed by atoms with E-state index in [4.69, 9.17) is 11.6 Å². The first-order valence-corrected chi connectivity index (χ1v) is 7.71. The summed E-state index contributed by atoms with van der Waals surface area (Å²) >= 11 is 11.6. The second kappa shape index (κ2) is 5.74. The third kappa shape index (κ3) is 2.80. The average Bonchev–Trinajstić information content (AvgIpc) is 2.65. The highest BCUT2D eigenvalue weighted by atomic mass is 79.9. The van der Waals surface area contributed by atoms with Crippen LogP contribution in [0.1, 0.15) is 26.9 Å². The van der Waals surface area contributed by atoms with Crippen LogP contribution in [0.2, 0.25) is 5.02 Å². The molecule has 0 saturated heterocycles. The summed E-state index contributed by atoms with van der Waals surface area (Å²) in [6.07, 6.45) is 0. The Morgan fingerprint density at radius 2 is 2.00 bits per heavy atom. The normalized spacial score (nSPS) is 12.7. The number of halogens is 2. The zero-order chi connectivity index (χ0) is 13.3. The Bertz CT molecular complexity index is 545. The molecule has 1 atom stereocenters. The van der Waals surface area contributed by atoms with Gasteiger partial charge in [-0.15, -0.1) is 11.3 Å². The van der Waals surface area contributed by atoms with Crippen LogP contribution in [0.25, 0.3) is 0 Å². The third-order valence-electron chi connectivity index (χ3n) is 2.98. The smallest absolute Gasteiger partial charge is 0.0669 e. The standard InChI is InChI=1S/C14H15BrClNS/c1-8-4-5-10(6-12(8)16)14(17-3)13-7-11(15)9(2)18-13/h4-7,14,17H,1-3H3. The molecule has 0 aliphatic heterocycles. The Balaban J connectivity index is 2.41. The van der Waals surface area contributed by atoms with Gasteiger partial charge in [0.05, 0.1) is 6.04 Å². The molecular weight excluding hydrogens is 330 g/mol. The number of rotatable bonds is 3. The van der Waals surface area contributed by atoms with Crippen molar-refractivity contribution < 1.29 is 0 Å². The number of nitrogens with one attached hydrogen (secondary N) is 1. The molecule has 1 aromatic carbocycles. The van der Waals surface area contributed by atoms with Gasteiger partial charge in [-0.1, -0.05) is 23.7 Å². The molecule has 1 nitrogen and oxygen atoms in total. The Morgan fingerprint density at radius 3 is 2.50 bits per heavy atom. The fourth-order valence-electron chi connectivity index (χ4n) is 1.89. The van der Waals surface area contributed by atoms with Gasteiger partial charge < -0.3 is 5.32 Å². The first-order chi connectivity index (χ1) is 8.52. The largest absolute Gasteiger partial charge is 0.309 e. The number of thiophene rings is 1. The minimum atomic E-state index is 0.193. The third-order valence-corrected chi connectivity index (χ3v) is 5.59. The van der Waals surface area contributed by atoms with Gasteiger partial charge in [-0.05, 0) is 60.1 Å². The number of benzene rings is 1. The second-order valence-corrected chi connectivity index (χ2v) is 6.83. The summed E-state index contributed by atoms with van der Waals surface area (Å²) in [6.45, 7) is 4.14. The fourth-order valence-corrected chi connectivity index (χ4v) is 3.77. The van der Waals surface area contributed by atoms with Crippen LogP contribution in [0.4, 0.5) is 0 Å². The summed E-state index contributed by atoms with van der Waals surface area (Å²) in [6, 6.07) is 8.61. The van der Waals surface area contributed by atoms with Crippen LogP contribution >= 0.6 is 38.9 Å². The summed E-state index contributed by atoms with van der Waals surface area (Å²) in [5, 5.41) is 4.17. The monoisotopic (exact) mass is 343 g/mol. The molecule has 0 saturated carbocycles. The molecule has 0 spiro atoms. The van der Waals surface area contributed by atoms with Crippen LogP contribution in [0.5, 0.6) is 0 Å². The number of hydrogen-bond donors (Lipinski definition) is 1. The van der Waals surface area contributed by atoms with Crippen molar-refractivity contribution in [3.05, 3.63) is 54.6 Å². The summed E-state index contributed by atoms with van der Waals surface area (Å²) in [7, 11) is 1.97. The number of hydrogen-bond acceptors (Lipinski definition) is 2.